The molecule has 2 aromatic heterocycles. The quantitative estimate of drug-likeness (QED) is 0.541. The van der Waals surface area contributed by atoms with Crippen LogP contribution in [-0.2, 0) is 6.42 Å². The minimum Gasteiger partial charge on any atom is -0.423 e. The predicted molar refractivity (Wildman–Crippen MR) is 111 cm³/mol. The number of rotatable bonds is 4. The van der Waals surface area contributed by atoms with Crippen LogP contribution in [0.15, 0.2) is 36.7 Å². The maximum atomic E-state index is 14.4. The van der Waals surface area contributed by atoms with Gasteiger partial charge in [0.15, 0.2) is 0 Å². The predicted octanol–water partition coefficient (Wildman–Crippen LogP) is 2.95. The van der Waals surface area contributed by atoms with Crippen molar-refractivity contribution < 1.29 is 9.13 Å². The van der Waals surface area contributed by atoms with Crippen molar-refractivity contribution in [3.8, 4) is 22.9 Å². The van der Waals surface area contributed by atoms with Gasteiger partial charge in [-0.15, -0.1) is 0 Å². The first-order chi connectivity index (χ1) is 14.5. The van der Waals surface area contributed by atoms with Gasteiger partial charge in [0.05, 0.1) is 11.9 Å². The number of fused-ring (bicyclic) bond motifs is 4. The number of benzene rings is 1. The Balaban J connectivity index is 1.49. The number of nitrogens with zero attached hydrogens (tertiary/aromatic N) is 4. The number of hydrogen-bond donors (Lipinski definition) is 2. The van der Waals surface area contributed by atoms with E-state index in [0.29, 0.717) is 18.1 Å². The first-order valence-electron chi connectivity index (χ1n) is 10.1. The summed E-state index contributed by atoms with van der Waals surface area (Å²) >= 11 is 0. The molecule has 1 aliphatic heterocycles. The van der Waals surface area contributed by atoms with Crippen LogP contribution in [0.2, 0.25) is 0 Å². The minimum atomic E-state index is -0.285. The summed E-state index contributed by atoms with van der Waals surface area (Å²) in [7, 11) is 1.80. The summed E-state index contributed by atoms with van der Waals surface area (Å²) < 4.78 is 20.3. The highest BCUT2D eigenvalue weighted by molar-refractivity contribution is 5.88. The van der Waals surface area contributed by atoms with E-state index in [0.717, 1.165) is 53.4 Å². The van der Waals surface area contributed by atoms with Gasteiger partial charge in [-0.2, -0.15) is 9.97 Å². The number of nitrogens with one attached hydrogen (secondary N) is 1. The van der Waals surface area contributed by atoms with Gasteiger partial charge in [0, 0.05) is 49.5 Å². The zero-order valence-corrected chi connectivity index (χ0v) is 16.5. The molecule has 8 heteroatoms. The average molecular weight is 404 g/mol. The number of aromatic nitrogens is 3. The van der Waals surface area contributed by atoms with E-state index in [9.17, 15) is 4.39 Å². The third-order valence-corrected chi connectivity index (χ3v) is 6.39. The van der Waals surface area contributed by atoms with E-state index in [2.05, 4.69) is 20.2 Å². The minimum absolute atomic E-state index is 0.137. The van der Waals surface area contributed by atoms with Gasteiger partial charge in [-0.25, -0.2) is 4.39 Å². The molecule has 3 heterocycles. The molecule has 152 valence electrons. The summed E-state index contributed by atoms with van der Waals surface area (Å²) in [4.78, 5) is 15.7. The summed E-state index contributed by atoms with van der Waals surface area (Å²) in [5, 5.41) is 3.11. The van der Waals surface area contributed by atoms with Crippen molar-refractivity contribution in [3.05, 3.63) is 53.7 Å². The van der Waals surface area contributed by atoms with Gasteiger partial charge >= 0.3 is 6.01 Å². The van der Waals surface area contributed by atoms with E-state index < -0.39 is 0 Å². The molecular weight excluding hydrogens is 383 g/mol. The maximum absolute atomic E-state index is 14.4. The summed E-state index contributed by atoms with van der Waals surface area (Å²) in [6, 6.07) is 6.97. The van der Waals surface area contributed by atoms with Gasteiger partial charge in [-0.1, -0.05) is 0 Å². The Morgan fingerprint density at radius 3 is 2.97 bits per heavy atom. The van der Waals surface area contributed by atoms with Crippen LogP contribution >= 0.6 is 0 Å². The van der Waals surface area contributed by atoms with Crippen LogP contribution in [0.4, 0.5) is 15.9 Å². The molecule has 2 fully saturated rings. The van der Waals surface area contributed by atoms with Gasteiger partial charge in [-0.3, -0.25) is 4.98 Å². The number of hydrogen-bond acceptors (Lipinski definition) is 7. The van der Waals surface area contributed by atoms with E-state index in [4.69, 9.17) is 15.5 Å². The Morgan fingerprint density at radius 2 is 2.23 bits per heavy atom. The molecule has 0 radical (unpaired) electrons. The van der Waals surface area contributed by atoms with Crippen molar-refractivity contribution >= 4 is 11.5 Å². The summed E-state index contributed by atoms with van der Waals surface area (Å²) in [5.41, 5.74) is 10.7. The third-order valence-electron chi connectivity index (χ3n) is 6.39. The number of piperidine rings is 1. The lowest BCUT2D eigenvalue weighted by molar-refractivity contribution is 0.438. The van der Waals surface area contributed by atoms with Crippen molar-refractivity contribution in [1.82, 2.24) is 15.0 Å². The topological polar surface area (TPSA) is 89.2 Å². The first-order valence-corrected chi connectivity index (χ1v) is 10.1. The molecule has 0 amide bonds. The lowest BCUT2D eigenvalue weighted by atomic mass is 10.0. The van der Waals surface area contributed by atoms with Gasteiger partial charge in [0.2, 0.25) is 0 Å². The van der Waals surface area contributed by atoms with Crippen LogP contribution in [0.1, 0.15) is 17.7 Å². The molecule has 1 aromatic carbocycles. The second-order valence-corrected chi connectivity index (χ2v) is 8.36. The smallest absolute Gasteiger partial charge is 0.324 e. The zero-order chi connectivity index (χ0) is 20.5. The highest BCUT2D eigenvalue weighted by Gasteiger charge is 2.58. The Hall–Kier alpha value is -3.26. The van der Waals surface area contributed by atoms with Crippen LogP contribution in [0.25, 0.3) is 11.1 Å². The number of ether oxygens (including phenoxy) is 1. The maximum Gasteiger partial charge on any atom is 0.324 e. The largest absolute Gasteiger partial charge is 0.423 e. The normalized spacial score (nSPS) is 23.0. The molecule has 1 saturated heterocycles. The molecule has 6 rings (SSSR count). The summed E-state index contributed by atoms with van der Waals surface area (Å²) in [6.45, 7) is 1.58. The molecular formula is C22H21FN6O. The fraction of sp³-hybridized carbons (Fsp3) is 0.318. The Morgan fingerprint density at radius 1 is 1.33 bits per heavy atom. The third kappa shape index (κ3) is 2.64. The van der Waals surface area contributed by atoms with Crippen LogP contribution in [0.5, 0.6) is 11.8 Å². The summed E-state index contributed by atoms with van der Waals surface area (Å²) in [6.07, 6.45) is 4.94. The van der Waals surface area contributed by atoms with Gasteiger partial charge in [0.25, 0.3) is 0 Å². The van der Waals surface area contributed by atoms with Crippen molar-refractivity contribution in [1.29, 1.82) is 0 Å². The van der Waals surface area contributed by atoms with E-state index in [1.54, 1.807) is 31.6 Å². The monoisotopic (exact) mass is 404 g/mol. The lowest BCUT2D eigenvalue weighted by Crippen LogP contribution is -2.34. The van der Waals surface area contributed by atoms with Gasteiger partial charge in [-0.05, 0) is 47.7 Å². The van der Waals surface area contributed by atoms with E-state index in [1.807, 2.05) is 6.07 Å². The zero-order valence-electron chi connectivity index (χ0n) is 16.5. The standard InChI is InChI=1S/C22H21FN6O/c1-25-17-6-13(23)5-16-15(17)7-18-19(16)20(29-10-12-8-22(12,24)11-29)28-21(27-18)30-14-3-2-4-26-9-14/h2-6,9,12,25H,7-8,10-11,24H2,1H3. The molecule has 0 bridgehead atoms. The molecule has 3 N–H and O–H groups in total. The Bertz CT molecular complexity index is 1170. The van der Waals surface area contributed by atoms with Gasteiger partial charge in [0.1, 0.15) is 17.4 Å². The van der Waals surface area contributed by atoms with Crippen LogP contribution < -0.4 is 20.7 Å². The van der Waals surface area contributed by atoms with Crippen LogP contribution in [0.3, 0.4) is 0 Å². The van der Waals surface area contributed by atoms with Crippen LogP contribution in [-0.4, -0.2) is 40.6 Å². The first kappa shape index (κ1) is 17.6. The highest BCUT2D eigenvalue weighted by atomic mass is 19.1. The van der Waals surface area contributed by atoms with E-state index in [-0.39, 0.29) is 17.4 Å². The van der Waals surface area contributed by atoms with Gasteiger partial charge < -0.3 is 20.7 Å². The Labute approximate surface area is 173 Å². The molecule has 1 saturated carbocycles. The molecule has 30 heavy (non-hydrogen) atoms. The van der Waals surface area contributed by atoms with Crippen molar-refractivity contribution in [3.63, 3.8) is 0 Å². The Kier molecular flexibility index (Phi) is 3.59. The number of halogens is 1. The summed E-state index contributed by atoms with van der Waals surface area (Å²) in [5.74, 6) is 1.53. The van der Waals surface area contributed by atoms with Crippen LogP contribution in [0, 0.1) is 11.7 Å². The molecule has 2 aliphatic carbocycles. The fourth-order valence-corrected chi connectivity index (χ4v) is 4.79. The van der Waals surface area contributed by atoms with Crippen molar-refractivity contribution in [2.24, 2.45) is 11.7 Å². The molecule has 2 atom stereocenters. The SMILES string of the molecule is CNc1cc(F)cc2c1Cc1nc(Oc3cccnc3)nc(N3CC4CC4(N)C3)c1-2. The molecule has 3 aliphatic rings. The van der Waals surface area contributed by atoms with E-state index in [1.165, 1.54) is 6.07 Å². The molecule has 7 nitrogen and oxygen atoms in total. The van der Waals surface area contributed by atoms with E-state index >= 15 is 0 Å². The fourth-order valence-electron chi connectivity index (χ4n) is 4.79. The lowest BCUT2D eigenvalue weighted by Gasteiger charge is -2.23. The average Bonchev–Trinajstić information content (AvgIpc) is 3.05. The second kappa shape index (κ2) is 6.12. The molecule has 0 spiro atoms. The molecule has 3 aromatic rings. The molecule has 2 unspecified atom stereocenters. The number of nitrogens with two attached hydrogens (primary N) is 1. The second-order valence-electron chi connectivity index (χ2n) is 8.36. The number of anilines is 2. The number of pyridine rings is 1. The van der Waals surface area contributed by atoms with Crippen molar-refractivity contribution in [2.75, 3.05) is 30.4 Å². The highest BCUT2D eigenvalue weighted by Crippen LogP contribution is 2.51. The van der Waals surface area contributed by atoms with Crippen molar-refractivity contribution in [2.45, 2.75) is 18.4 Å².